The van der Waals surface area contributed by atoms with Gasteiger partial charge in [-0.3, -0.25) is 19.9 Å². The molecule has 28 heteroatoms. The van der Waals surface area contributed by atoms with Gasteiger partial charge in [-0.2, -0.15) is 40.2 Å². The van der Waals surface area contributed by atoms with Gasteiger partial charge in [0.1, 0.15) is 28.9 Å². The predicted octanol–water partition coefficient (Wildman–Crippen LogP) is 6.23. The topological polar surface area (TPSA) is 205 Å². The van der Waals surface area contributed by atoms with Gasteiger partial charge in [-0.15, -0.1) is 0 Å². The standard InChI is InChI=1S/C52H58F10N10O8/c1-49(2,51(57,58)59)42(66-48(77)78-6)44(74)65-39(17-29-10-7-28(8-11-29)9-12-30-13-14-41(64-21-30)71-23-32-20-33(71)22-70(32)34-26-79-27-34)40(73)25-69(68-45(75)43(80-47(76)63-5)50(3,4)52(60,61)62)24-35-36(53)18-31(19-37(35)54)38-15-16-72(67-38)46(55)56/h7-8,10-11,13-16,18-19,21,32-34,39-40,42-43,46,73H,17,20,22-27H2,1-6H3,(H,63,76)(H,65,74)(H,66,77)(H,68,75)/t32-,33-,39-,40-,42+,43+/m0/s1. The van der Waals surface area contributed by atoms with E-state index in [1.165, 1.54) is 12.1 Å². The molecule has 3 fully saturated rings. The minimum Gasteiger partial charge on any atom is -0.453 e. The van der Waals surface area contributed by atoms with E-state index in [9.17, 15) is 59.4 Å². The second-order valence-electron chi connectivity index (χ2n) is 20.6. The summed E-state index contributed by atoms with van der Waals surface area (Å²) in [6.07, 6.45) is -15.3. The second kappa shape index (κ2) is 24.2. The molecular formula is C52H58F10N10O8. The zero-order valence-electron chi connectivity index (χ0n) is 43.9. The molecule has 5 N–H and O–H groups in total. The number of halogens is 10. The van der Waals surface area contributed by atoms with E-state index in [2.05, 4.69) is 41.8 Å². The van der Waals surface area contributed by atoms with Crippen molar-refractivity contribution in [2.75, 3.05) is 51.9 Å². The molecule has 5 heterocycles. The number of fused-ring (bicyclic) bond motifs is 2. The number of nitrogens with one attached hydrogen (secondary N) is 4. The number of nitrogens with zero attached hydrogens (tertiary/aromatic N) is 6. The molecule has 434 valence electrons. The molecule has 2 aromatic carbocycles. The van der Waals surface area contributed by atoms with Crippen LogP contribution >= 0.6 is 0 Å². The fraction of sp³-hybridized carbons (Fsp3) is 0.500. The Labute approximate surface area is 452 Å². The summed E-state index contributed by atoms with van der Waals surface area (Å²) >= 11 is 0. The Balaban J connectivity index is 1.18. The summed E-state index contributed by atoms with van der Waals surface area (Å²) in [6, 6.07) is 9.07. The Hall–Kier alpha value is -7.22. The molecule has 7 rings (SSSR count). The molecule has 80 heavy (non-hydrogen) atoms. The van der Waals surface area contributed by atoms with Gasteiger partial charge in [-0.25, -0.2) is 33.0 Å². The fourth-order valence-electron chi connectivity index (χ4n) is 9.31. The number of hydrogen-bond acceptors (Lipinski definition) is 13. The number of benzene rings is 2. The van der Waals surface area contributed by atoms with Crippen LogP contribution in [0.4, 0.5) is 59.3 Å². The first-order chi connectivity index (χ1) is 37.5. The number of pyridine rings is 1. The molecule has 4 amide bonds. The average Bonchev–Trinajstić information content (AvgIpc) is 4.15. The van der Waals surface area contributed by atoms with Crippen molar-refractivity contribution in [1.29, 1.82) is 0 Å². The number of aliphatic hydroxyl groups excluding tert-OH is 1. The second-order valence-corrected chi connectivity index (χ2v) is 20.6. The van der Waals surface area contributed by atoms with Crippen LogP contribution in [0, 0.1) is 34.3 Å². The van der Waals surface area contributed by atoms with Crippen LogP contribution in [0.3, 0.4) is 0 Å². The first kappa shape index (κ1) is 60.4. The Bertz CT molecular complexity index is 2910. The number of rotatable bonds is 19. The van der Waals surface area contributed by atoms with Crippen LogP contribution in [0.1, 0.15) is 62.9 Å². The lowest BCUT2D eigenvalue weighted by molar-refractivity contribution is -0.239. The first-order valence-corrected chi connectivity index (χ1v) is 24.9. The van der Waals surface area contributed by atoms with Crippen molar-refractivity contribution in [1.82, 2.24) is 46.0 Å². The number of carbonyl (C=O) groups excluding carboxylic acids is 4. The van der Waals surface area contributed by atoms with E-state index in [0.717, 1.165) is 65.0 Å². The van der Waals surface area contributed by atoms with Crippen LogP contribution in [-0.2, 0) is 36.8 Å². The smallest absolute Gasteiger partial charge is 0.407 e. The van der Waals surface area contributed by atoms with Crippen molar-refractivity contribution in [2.45, 2.75) is 108 Å². The maximum atomic E-state index is 16.0. The molecule has 0 unspecified atom stereocenters. The summed E-state index contributed by atoms with van der Waals surface area (Å²) in [5.41, 5.74) is -4.54. The van der Waals surface area contributed by atoms with E-state index >= 15 is 8.78 Å². The SMILES string of the molecule is CNC(=O)O[C@H](C(=O)NN(Cc1c(F)cc(-c2ccn(C(F)F)n2)cc1F)C[C@H](O)[C@H](Cc1ccc(C#Cc2ccc(N3C[C@@H]4C[C@H]3CN4C3COC3)nc2)cc1)NC(=O)[C@@H](NC(=O)OC)C(C)(C)C(F)(F)F)C(C)(C)C(F)(F)F. The van der Waals surface area contributed by atoms with E-state index in [-0.39, 0.29) is 21.5 Å². The number of hydrazine groups is 1. The lowest BCUT2D eigenvalue weighted by Gasteiger charge is -2.42. The zero-order chi connectivity index (χ0) is 58.6. The largest absolute Gasteiger partial charge is 0.453 e. The number of aliphatic hydroxyl groups is 1. The summed E-state index contributed by atoms with van der Waals surface area (Å²) in [6.45, 7) is 0.0312. The lowest BCUT2D eigenvalue weighted by atomic mass is 9.82. The Kier molecular flexibility index (Phi) is 18.3. The molecule has 3 aliphatic heterocycles. The number of amides is 4. The van der Waals surface area contributed by atoms with E-state index < -0.39 is 115 Å². The Morgan fingerprint density at radius 2 is 1.48 bits per heavy atom. The average molecular weight is 1140 g/mol. The summed E-state index contributed by atoms with van der Waals surface area (Å²) in [7, 11) is 1.79. The van der Waals surface area contributed by atoms with E-state index in [1.807, 2.05) is 28.2 Å². The van der Waals surface area contributed by atoms with Crippen LogP contribution in [0.25, 0.3) is 11.3 Å². The number of likely N-dealkylation sites (tertiary alicyclic amines) is 1. The van der Waals surface area contributed by atoms with Crippen LogP contribution in [-0.4, -0.2) is 156 Å². The van der Waals surface area contributed by atoms with Gasteiger partial charge in [0, 0.05) is 80.0 Å². The summed E-state index contributed by atoms with van der Waals surface area (Å²) in [4.78, 5) is 62.2. The molecule has 6 atom stereocenters. The zero-order valence-corrected chi connectivity index (χ0v) is 43.9. The highest BCUT2D eigenvalue weighted by molar-refractivity contribution is 5.87. The fourth-order valence-corrected chi connectivity index (χ4v) is 9.31. The molecule has 0 aliphatic carbocycles. The van der Waals surface area contributed by atoms with Gasteiger partial charge in [0.25, 0.3) is 5.91 Å². The van der Waals surface area contributed by atoms with Crippen molar-refractivity contribution in [3.8, 4) is 23.1 Å². The maximum Gasteiger partial charge on any atom is 0.407 e. The maximum absolute atomic E-state index is 16.0. The highest BCUT2D eigenvalue weighted by Crippen LogP contribution is 2.43. The highest BCUT2D eigenvalue weighted by Gasteiger charge is 2.58. The van der Waals surface area contributed by atoms with Crippen molar-refractivity contribution < 1.29 is 82.4 Å². The van der Waals surface area contributed by atoms with E-state index in [4.69, 9.17) is 9.47 Å². The highest BCUT2D eigenvalue weighted by atomic mass is 19.4. The quantitative estimate of drug-likeness (QED) is 0.0402. The molecule has 3 saturated heterocycles. The molecule has 0 spiro atoms. The Morgan fingerprint density at radius 1 is 0.838 bits per heavy atom. The minimum absolute atomic E-state index is 0.197. The van der Waals surface area contributed by atoms with Crippen LogP contribution in [0.5, 0.6) is 0 Å². The number of carbonyl (C=O) groups is 4. The summed E-state index contributed by atoms with van der Waals surface area (Å²) in [5, 5.41) is 22.2. The molecule has 2 aromatic heterocycles. The van der Waals surface area contributed by atoms with Crippen molar-refractivity contribution in [2.24, 2.45) is 10.8 Å². The molecule has 4 aromatic rings. The third-order valence-corrected chi connectivity index (χ3v) is 14.5. The van der Waals surface area contributed by atoms with Crippen molar-refractivity contribution >= 4 is 29.8 Å². The molecule has 0 saturated carbocycles. The molecule has 2 bridgehead atoms. The predicted molar refractivity (Wildman–Crippen MR) is 265 cm³/mol. The third kappa shape index (κ3) is 13.7. The number of ether oxygens (including phenoxy) is 3. The number of aromatic nitrogens is 3. The Morgan fingerprint density at radius 3 is 2.00 bits per heavy atom. The van der Waals surface area contributed by atoms with Gasteiger partial charge < -0.3 is 40.2 Å². The summed E-state index contributed by atoms with van der Waals surface area (Å²) < 4.78 is 161. The number of hydrogen-bond donors (Lipinski definition) is 5. The number of alkyl halides is 8. The first-order valence-electron chi connectivity index (χ1n) is 24.9. The molecule has 18 nitrogen and oxygen atoms in total. The number of alkyl carbamates (subject to hydrolysis) is 2. The van der Waals surface area contributed by atoms with Crippen LogP contribution < -0.4 is 26.3 Å². The number of piperazine rings is 1. The third-order valence-electron chi connectivity index (χ3n) is 14.5. The van der Waals surface area contributed by atoms with Gasteiger partial charge >= 0.3 is 31.1 Å². The van der Waals surface area contributed by atoms with Crippen molar-refractivity contribution in [3.63, 3.8) is 0 Å². The van der Waals surface area contributed by atoms with Crippen LogP contribution in [0.15, 0.2) is 67.0 Å². The van der Waals surface area contributed by atoms with E-state index in [1.54, 1.807) is 18.3 Å². The molecule has 0 radical (unpaired) electrons. The van der Waals surface area contributed by atoms with Gasteiger partial charge in [0.2, 0.25) is 5.91 Å². The lowest BCUT2D eigenvalue weighted by Crippen LogP contribution is -2.62. The monoisotopic (exact) mass is 1140 g/mol. The van der Waals surface area contributed by atoms with Gasteiger partial charge in [0.05, 0.1) is 49.6 Å². The molecular weight excluding hydrogens is 1080 g/mol. The van der Waals surface area contributed by atoms with E-state index in [0.29, 0.717) is 74.1 Å². The van der Waals surface area contributed by atoms with Gasteiger partial charge in [-0.05, 0) is 88.6 Å². The van der Waals surface area contributed by atoms with Crippen molar-refractivity contribution in [3.05, 3.63) is 101 Å². The van der Waals surface area contributed by atoms with Crippen LogP contribution in [0.2, 0.25) is 0 Å². The van der Waals surface area contributed by atoms with Gasteiger partial charge in [-0.1, -0.05) is 24.0 Å². The van der Waals surface area contributed by atoms with Gasteiger partial charge in [0.15, 0.2) is 6.10 Å². The number of anilines is 1. The molecule has 3 aliphatic rings. The number of methoxy groups -OCH3 is 1. The minimum atomic E-state index is -5.26. The summed E-state index contributed by atoms with van der Waals surface area (Å²) in [5.74, 6) is 0.686. The normalized spacial score (nSPS) is 18.4.